The number of carbonyl (C=O) groups is 1. The van der Waals surface area contributed by atoms with Crippen molar-refractivity contribution in [3.63, 3.8) is 0 Å². The minimum absolute atomic E-state index is 0.155. The summed E-state index contributed by atoms with van der Waals surface area (Å²) in [5, 5.41) is 12.9. The summed E-state index contributed by atoms with van der Waals surface area (Å²) in [6, 6.07) is 12.5. The predicted octanol–water partition coefficient (Wildman–Crippen LogP) is 6.40. The zero-order valence-corrected chi connectivity index (χ0v) is 20.4. The number of rotatable bonds is 9. The molecule has 3 rings (SSSR count). The van der Waals surface area contributed by atoms with Gasteiger partial charge in [0.2, 0.25) is 5.91 Å². The van der Waals surface area contributed by atoms with E-state index in [1.807, 2.05) is 23.6 Å². The Hall–Kier alpha value is -2.00. The molecule has 0 fully saturated rings. The number of aromatic nitrogens is 3. The number of hydrogen-bond donors (Lipinski definition) is 1. The molecule has 1 unspecified atom stereocenters. The second kappa shape index (κ2) is 11.0. The molecule has 1 atom stereocenters. The molecular weight excluding hydrogens is 523 g/mol. The Bertz CT molecular complexity index is 1090. The number of halogens is 3. The Balaban J connectivity index is 1.68. The SMILES string of the molecule is C=CCn1c(SCC(=O)Nc2ccc(Br)c(Cl)c2)nnc1C(C)Oc1ccccc1Cl. The number of para-hydroxylation sites is 1. The summed E-state index contributed by atoms with van der Waals surface area (Å²) in [7, 11) is 0. The second-order valence-electron chi connectivity index (χ2n) is 6.40. The molecule has 162 valence electrons. The van der Waals surface area contributed by atoms with Crippen LogP contribution in [0.4, 0.5) is 5.69 Å². The Kier molecular flexibility index (Phi) is 8.43. The molecule has 6 nitrogen and oxygen atoms in total. The summed E-state index contributed by atoms with van der Waals surface area (Å²) < 4.78 is 8.59. The highest BCUT2D eigenvalue weighted by Crippen LogP contribution is 2.30. The Labute approximate surface area is 203 Å². The zero-order chi connectivity index (χ0) is 22.4. The van der Waals surface area contributed by atoms with E-state index in [1.165, 1.54) is 11.8 Å². The molecular formula is C21H19BrCl2N4O2S. The zero-order valence-electron chi connectivity index (χ0n) is 16.5. The van der Waals surface area contributed by atoms with Gasteiger partial charge in [-0.1, -0.05) is 53.2 Å². The lowest BCUT2D eigenvalue weighted by atomic mass is 10.3. The maximum atomic E-state index is 12.4. The van der Waals surface area contributed by atoms with Crippen LogP contribution in [0.15, 0.2) is 64.7 Å². The molecule has 3 aromatic rings. The molecule has 1 amide bonds. The van der Waals surface area contributed by atoms with Crippen LogP contribution in [0, 0.1) is 0 Å². The van der Waals surface area contributed by atoms with Crippen LogP contribution in [0.1, 0.15) is 18.9 Å². The van der Waals surface area contributed by atoms with Crippen molar-refractivity contribution in [3.8, 4) is 5.75 Å². The van der Waals surface area contributed by atoms with Gasteiger partial charge in [0, 0.05) is 16.7 Å². The minimum Gasteiger partial charge on any atom is -0.481 e. The fraction of sp³-hybridized carbons (Fsp3) is 0.190. The largest absolute Gasteiger partial charge is 0.481 e. The highest BCUT2D eigenvalue weighted by Gasteiger charge is 2.20. The number of nitrogens with one attached hydrogen (secondary N) is 1. The van der Waals surface area contributed by atoms with Gasteiger partial charge in [0.15, 0.2) is 17.1 Å². The monoisotopic (exact) mass is 540 g/mol. The molecule has 0 radical (unpaired) electrons. The quantitative estimate of drug-likeness (QED) is 0.250. The lowest BCUT2D eigenvalue weighted by molar-refractivity contribution is -0.113. The maximum absolute atomic E-state index is 12.4. The normalized spacial score (nSPS) is 11.7. The average Bonchev–Trinajstić information content (AvgIpc) is 3.14. The summed E-state index contributed by atoms with van der Waals surface area (Å²) in [5.41, 5.74) is 0.619. The summed E-state index contributed by atoms with van der Waals surface area (Å²) >= 11 is 16.9. The van der Waals surface area contributed by atoms with Gasteiger partial charge in [-0.15, -0.1) is 16.8 Å². The summed E-state index contributed by atoms with van der Waals surface area (Å²) in [6.07, 6.45) is 1.34. The fourth-order valence-electron chi connectivity index (χ4n) is 2.69. The highest BCUT2D eigenvalue weighted by atomic mass is 79.9. The Morgan fingerprint density at radius 3 is 2.77 bits per heavy atom. The average molecular weight is 542 g/mol. The van der Waals surface area contributed by atoms with Gasteiger partial charge >= 0.3 is 0 Å². The summed E-state index contributed by atoms with van der Waals surface area (Å²) in [5.74, 6) is 1.15. The molecule has 0 bridgehead atoms. The van der Waals surface area contributed by atoms with Crippen LogP contribution in [0.3, 0.4) is 0 Å². The van der Waals surface area contributed by atoms with Crippen LogP contribution in [0.25, 0.3) is 0 Å². The number of nitrogens with zero attached hydrogens (tertiary/aromatic N) is 3. The smallest absolute Gasteiger partial charge is 0.234 e. The van der Waals surface area contributed by atoms with Crippen LogP contribution < -0.4 is 10.1 Å². The van der Waals surface area contributed by atoms with E-state index in [9.17, 15) is 4.79 Å². The molecule has 1 aromatic heterocycles. The molecule has 0 aliphatic rings. The molecule has 0 spiro atoms. The van der Waals surface area contributed by atoms with Crippen LogP contribution in [0.5, 0.6) is 5.75 Å². The molecule has 1 heterocycles. The molecule has 31 heavy (non-hydrogen) atoms. The first kappa shape index (κ1) is 23.7. The van der Waals surface area contributed by atoms with E-state index in [2.05, 4.69) is 38.0 Å². The van der Waals surface area contributed by atoms with Crippen LogP contribution in [0.2, 0.25) is 10.0 Å². The number of ether oxygens (including phenoxy) is 1. The molecule has 10 heteroatoms. The first-order valence-electron chi connectivity index (χ1n) is 9.22. The van der Waals surface area contributed by atoms with E-state index in [0.717, 1.165) is 4.47 Å². The van der Waals surface area contributed by atoms with E-state index in [1.54, 1.807) is 36.4 Å². The van der Waals surface area contributed by atoms with Gasteiger partial charge in [-0.25, -0.2) is 0 Å². The number of carbonyl (C=O) groups excluding carboxylic acids is 1. The van der Waals surface area contributed by atoms with Crippen molar-refractivity contribution in [2.24, 2.45) is 0 Å². The molecule has 1 N–H and O–H groups in total. The summed E-state index contributed by atoms with van der Waals surface area (Å²) in [6.45, 7) is 6.14. The van der Waals surface area contributed by atoms with Gasteiger partial charge in [0.25, 0.3) is 0 Å². The standard InChI is InChI=1S/C21H19BrCl2N4O2S/c1-3-10-28-20(13(2)30-18-7-5-4-6-16(18)23)26-27-21(28)31-12-19(29)25-14-8-9-15(22)17(24)11-14/h3-9,11,13H,1,10,12H2,2H3,(H,25,29). The number of benzene rings is 2. The van der Waals surface area contributed by atoms with E-state index in [4.69, 9.17) is 27.9 Å². The van der Waals surface area contributed by atoms with Crippen molar-refractivity contribution in [3.05, 3.63) is 75.5 Å². The summed E-state index contributed by atoms with van der Waals surface area (Å²) in [4.78, 5) is 12.4. The number of anilines is 1. The van der Waals surface area contributed by atoms with Gasteiger partial charge in [0.05, 0.1) is 15.8 Å². The fourth-order valence-corrected chi connectivity index (χ4v) is 4.06. The molecule has 2 aromatic carbocycles. The van der Waals surface area contributed by atoms with E-state index >= 15 is 0 Å². The maximum Gasteiger partial charge on any atom is 0.234 e. The highest BCUT2D eigenvalue weighted by molar-refractivity contribution is 9.10. The van der Waals surface area contributed by atoms with Crippen molar-refractivity contribution >= 4 is 62.5 Å². The second-order valence-corrected chi connectivity index (χ2v) is 9.01. The third kappa shape index (κ3) is 6.26. The molecule has 0 saturated heterocycles. The Morgan fingerprint density at radius 1 is 1.29 bits per heavy atom. The number of hydrogen-bond acceptors (Lipinski definition) is 5. The van der Waals surface area contributed by atoms with Crippen molar-refractivity contribution < 1.29 is 9.53 Å². The van der Waals surface area contributed by atoms with Crippen LogP contribution >= 0.6 is 50.9 Å². The van der Waals surface area contributed by atoms with Crippen molar-refractivity contribution in [1.82, 2.24) is 14.8 Å². The number of allylic oxidation sites excluding steroid dienone is 1. The predicted molar refractivity (Wildman–Crippen MR) is 129 cm³/mol. The third-order valence-electron chi connectivity index (χ3n) is 4.10. The van der Waals surface area contributed by atoms with E-state index in [-0.39, 0.29) is 11.7 Å². The van der Waals surface area contributed by atoms with Crippen LogP contribution in [-0.2, 0) is 11.3 Å². The van der Waals surface area contributed by atoms with Crippen molar-refractivity contribution in [1.29, 1.82) is 0 Å². The number of amides is 1. The topological polar surface area (TPSA) is 69.0 Å². The number of thioether (sulfide) groups is 1. The van der Waals surface area contributed by atoms with E-state index in [0.29, 0.717) is 39.0 Å². The first-order chi connectivity index (χ1) is 14.9. The van der Waals surface area contributed by atoms with Crippen molar-refractivity contribution in [2.75, 3.05) is 11.1 Å². The molecule has 0 saturated carbocycles. The van der Waals surface area contributed by atoms with Crippen LogP contribution in [-0.4, -0.2) is 26.4 Å². The van der Waals surface area contributed by atoms with Gasteiger partial charge in [-0.2, -0.15) is 0 Å². The molecule has 0 aliphatic heterocycles. The van der Waals surface area contributed by atoms with Gasteiger partial charge in [0.1, 0.15) is 5.75 Å². The third-order valence-corrected chi connectivity index (χ3v) is 6.61. The lowest BCUT2D eigenvalue weighted by Gasteiger charge is -2.16. The van der Waals surface area contributed by atoms with Crippen molar-refractivity contribution in [2.45, 2.75) is 24.7 Å². The van der Waals surface area contributed by atoms with E-state index < -0.39 is 6.10 Å². The Morgan fingerprint density at radius 2 is 2.06 bits per heavy atom. The molecule has 0 aliphatic carbocycles. The lowest BCUT2D eigenvalue weighted by Crippen LogP contribution is -2.15. The van der Waals surface area contributed by atoms with Gasteiger partial charge < -0.3 is 10.1 Å². The van der Waals surface area contributed by atoms with Gasteiger partial charge in [-0.3, -0.25) is 9.36 Å². The first-order valence-corrected chi connectivity index (χ1v) is 11.8. The van der Waals surface area contributed by atoms with Gasteiger partial charge in [-0.05, 0) is 53.2 Å². The minimum atomic E-state index is -0.402.